The average molecular weight is 511 g/mol. The highest BCUT2D eigenvalue weighted by Gasteiger charge is 2.40. The predicted octanol–water partition coefficient (Wildman–Crippen LogP) is 4.90. The molecule has 2 aromatic carbocycles. The number of fused-ring (bicyclic) bond motifs is 1. The topological polar surface area (TPSA) is 67.2 Å². The summed E-state index contributed by atoms with van der Waals surface area (Å²) in [6.07, 6.45) is 1.87. The van der Waals surface area contributed by atoms with Crippen molar-refractivity contribution in [1.29, 1.82) is 0 Å². The van der Waals surface area contributed by atoms with E-state index >= 15 is 0 Å². The first-order chi connectivity index (χ1) is 17.1. The van der Waals surface area contributed by atoms with Crippen molar-refractivity contribution in [1.82, 2.24) is 15.1 Å². The van der Waals surface area contributed by atoms with Crippen LogP contribution in [0.25, 0.3) is 5.69 Å². The number of hydrogen-bond donors (Lipinski definition) is 1. The second-order valence-corrected chi connectivity index (χ2v) is 11.4. The lowest BCUT2D eigenvalue weighted by Crippen LogP contribution is -2.43. The molecule has 1 aliphatic heterocycles. The van der Waals surface area contributed by atoms with Gasteiger partial charge in [-0.2, -0.15) is 5.10 Å². The van der Waals surface area contributed by atoms with Gasteiger partial charge in [0, 0.05) is 17.0 Å². The van der Waals surface area contributed by atoms with E-state index in [-0.39, 0.29) is 41.2 Å². The molecule has 188 valence electrons. The van der Waals surface area contributed by atoms with Crippen LogP contribution in [0.4, 0.5) is 14.6 Å². The van der Waals surface area contributed by atoms with Gasteiger partial charge in [0.1, 0.15) is 24.0 Å². The van der Waals surface area contributed by atoms with Crippen molar-refractivity contribution >= 4 is 29.4 Å². The summed E-state index contributed by atoms with van der Waals surface area (Å²) in [7, 11) is 0. The van der Waals surface area contributed by atoms with Crippen LogP contribution in [0.15, 0.2) is 48.5 Å². The lowest BCUT2D eigenvalue weighted by molar-refractivity contribution is -0.123. The average Bonchev–Trinajstić information content (AvgIpc) is 3.56. The van der Waals surface area contributed by atoms with Crippen LogP contribution in [0, 0.1) is 11.6 Å². The quantitative estimate of drug-likeness (QED) is 0.531. The summed E-state index contributed by atoms with van der Waals surface area (Å²) in [5, 5.41) is 7.50. The Balaban J connectivity index is 1.74. The van der Waals surface area contributed by atoms with Crippen molar-refractivity contribution < 1.29 is 18.4 Å². The zero-order valence-electron chi connectivity index (χ0n) is 20.4. The monoisotopic (exact) mass is 510 g/mol. The number of thioether (sulfide) groups is 1. The summed E-state index contributed by atoms with van der Waals surface area (Å²) in [6.45, 7) is 5.91. The van der Waals surface area contributed by atoms with E-state index in [0.29, 0.717) is 17.1 Å². The Bertz CT molecular complexity index is 1310. The second kappa shape index (κ2) is 9.35. The second-order valence-electron chi connectivity index (χ2n) is 10.3. The molecule has 2 heterocycles. The molecule has 2 aliphatic rings. The van der Waals surface area contributed by atoms with E-state index in [4.69, 9.17) is 5.10 Å². The van der Waals surface area contributed by atoms with E-state index in [1.165, 1.54) is 40.9 Å². The molecule has 1 aromatic heterocycles. The minimum Gasteiger partial charge on any atom is -0.352 e. The summed E-state index contributed by atoms with van der Waals surface area (Å²) >= 11 is 1.39. The number of hydrogen-bond acceptors (Lipinski definition) is 4. The van der Waals surface area contributed by atoms with Crippen molar-refractivity contribution in [3.05, 3.63) is 77.0 Å². The van der Waals surface area contributed by atoms with Crippen LogP contribution in [-0.2, 0) is 15.0 Å². The van der Waals surface area contributed by atoms with Crippen LogP contribution in [0.3, 0.4) is 0 Å². The van der Waals surface area contributed by atoms with Crippen molar-refractivity contribution in [2.75, 3.05) is 17.2 Å². The van der Waals surface area contributed by atoms with Crippen LogP contribution in [0.2, 0.25) is 0 Å². The number of carbonyl (C=O) groups is 2. The van der Waals surface area contributed by atoms with E-state index in [9.17, 15) is 18.4 Å². The number of nitrogens with one attached hydrogen (secondary N) is 1. The number of aromatic nitrogens is 2. The maximum absolute atomic E-state index is 14.3. The third-order valence-corrected chi connectivity index (χ3v) is 7.52. The molecule has 0 radical (unpaired) electrons. The third-order valence-electron chi connectivity index (χ3n) is 6.27. The molecule has 0 bridgehead atoms. The number of halogens is 2. The Labute approximate surface area is 213 Å². The Morgan fingerprint density at radius 1 is 1.11 bits per heavy atom. The molecule has 1 fully saturated rings. The molecule has 0 spiro atoms. The summed E-state index contributed by atoms with van der Waals surface area (Å²) in [4.78, 5) is 27.9. The van der Waals surface area contributed by atoms with E-state index in [1.54, 1.807) is 22.9 Å². The van der Waals surface area contributed by atoms with Crippen LogP contribution < -0.4 is 10.2 Å². The SMILES string of the molecule is CC(C)(C)c1nn(-c2ccc(F)cc2)c2c1[C@H](c1cccc(F)c1)SCC(=O)N2CC(=O)NC1CC1. The molecule has 36 heavy (non-hydrogen) atoms. The highest BCUT2D eigenvalue weighted by Crippen LogP contribution is 2.48. The van der Waals surface area contributed by atoms with Gasteiger partial charge in [0.05, 0.1) is 22.4 Å². The van der Waals surface area contributed by atoms with Gasteiger partial charge < -0.3 is 5.32 Å². The zero-order valence-corrected chi connectivity index (χ0v) is 21.2. The summed E-state index contributed by atoms with van der Waals surface area (Å²) in [6, 6.07) is 12.4. The number of benzene rings is 2. The summed E-state index contributed by atoms with van der Waals surface area (Å²) < 4.78 is 29.7. The molecule has 1 N–H and O–H groups in total. The molecule has 0 saturated heterocycles. The number of amides is 2. The van der Waals surface area contributed by atoms with E-state index in [0.717, 1.165) is 24.1 Å². The van der Waals surface area contributed by atoms with Gasteiger partial charge in [-0.25, -0.2) is 13.5 Å². The number of rotatable bonds is 5. The highest BCUT2D eigenvalue weighted by atomic mass is 32.2. The smallest absolute Gasteiger partial charge is 0.240 e. The normalized spacial score (nSPS) is 18.1. The van der Waals surface area contributed by atoms with Gasteiger partial charge in [0.15, 0.2) is 0 Å². The van der Waals surface area contributed by atoms with Crippen LogP contribution >= 0.6 is 11.8 Å². The molecule has 0 unspecified atom stereocenters. The molecule has 6 nitrogen and oxygen atoms in total. The molecule has 1 aliphatic carbocycles. The zero-order chi connectivity index (χ0) is 25.6. The first-order valence-electron chi connectivity index (χ1n) is 12.0. The lowest BCUT2D eigenvalue weighted by atomic mass is 9.87. The van der Waals surface area contributed by atoms with Gasteiger partial charge in [-0.15, -0.1) is 11.8 Å². The predicted molar refractivity (Wildman–Crippen MR) is 136 cm³/mol. The Morgan fingerprint density at radius 3 is 2.47 bits per heavy atom. The van der Waals surface area contributed by atoms with E-state index in [1.807, 2.05) is 26.8 Å². The van der Waals surface area contributed by atoms with Gasteiger partial charge in [0.2, 0.25) is 11.8 Å². The van der Waals surface area contributed by atoms with Crippen LogP contribution in [-0.4, -0.2) is 39.9 Å². The molecule has 3 aromatic rings. The minimum absolute atomic E-state index is 0.111. The third kappa shape index (κ3) is 4.89. The molecular formula is C27H28F2N4O2S. The summed E-state index contributed by atoms with van der Waals surface area (Å²) in [5.41, 5.74) is 2.32. The Hall–Kier alpha value is -3.20. The number of carbonyl (C=O) groups excluding carboxylic acids is 2. The fourth-order valence-corrected chi connectivity index (χ4v) is 5.60. The standard InChI is InChI=1S/C27H28F2N4O2S/c1-27(2,3)25-23-24(16-5-4-6-18(29)13-16)36-15-22(35)32(14-21(34)30-19-9-10-19)26(23)33(31-25)20-11-7-17(28)8-12-20/h4-8,11-13,19,24H,9-10,14-15H2,1-3H3,(H,30,34)/t24-/m0/s1. The Morgan fingerprint density at radius 2 is 1.83 bits per heavy atom. The van der Waals surface area contributed by atoms with Gasteiger partial charge in [-0.1, -0.05) is 32.9 Å². The first-order valence-corrected chi connectivity index (χ1v) is 13.0. The fourth-order valence-electron chi connectivity index (χ4n) is 4.41. The highest BCUT2D eigenvalue weighted by molar-refractivity contribution is 8.00. The largest absolute Gasteiger partial charge is 0.352 e. The maximum Gasteiger partial charge on any atom is 0.240 e. The van der Waals surface area contributed by atoms with Crippen LogP contribution in [0.1, 0.15) is 55.7 Å². The maximum atomic E-state index is 14.3. The first kappa shape index (κ1) is 24.5. The molecule has 1 atom stereocenters. The fraction of sp³-hybridized carbons (Fsp3) is 0.370. The molecule has 9 heteroatoms. The molecule has 2 amide bonds. The van der Waals surface area contributed by atoms with Crippen molar-refractivity contribution in [3.63, 3.8) is 0 Å². The van der Waals surface area contributed by atoms with Crippen molar-refractivity contribution in [3.8, 4) is 5.69 Å². The Kier molecular flexibility index (Phi) is 6.36. The lowest BCUT2D eigenvalue weighted by Gasteiger charge is -2.24. The van der Waals surface area contributed by atoms with Gasteiger partial charge >= 0.3 is 0 Å². The van der Waals surface area contributed by atoms with Gasteiger partial charge in [-0.05, 0) is 54.8 Å². The van der Waals surface area contributed by atoms with Crippen molar-refractivity contribution in [2.45, 2.75) is 50.3 Å². The van der Waals surface area contributed by atoms with E-state index in [2.05, 4.69) is 5.32 Å². The minimum atomic E-state index is -0.434. The summed E-state index contributed by atoms with van der Waals surface area (Å²) in [5.74, 6) is -0.668. The molecule has 5 rings (SSSR count). The van der Waals surface area contributed by atoms with Crippen LogP contribution in [0.5, 0.6) is 0 Å². The molecule has 1 saturated carbocycles. The number of nitrogens with zero attached hydrogens (tertiary/aromatic N) is 3. The number of anilines is 1. The van der Waals surface area contributed by atoms with Gasteiger partial charge in [-0.3, -0.25) is 14.5 Å². The van der Waals surface area contributed by atoms with Gasteiger partial charge in [0.25, 0.3) is 0 Å². The van der Waals surface area contributed by atoms with E-state index < -0.39 is 11.2 Å². The van der Waals surface area contributed by atoms with Crippen molar-refractivity contribution in [2.24, 2.45) is 0 Å². The molecular weight excluding hydrogens is 482 g/mol.